The maximum Gasteiger partial charge on any atom is 0.310 e. The smallest absolute Gasteiger partial charge is 0.310 e. The highest BCUT2D eigenvalue weighted by atomic mass is 16.4. The summed E-state index contributed by atoms with van der Waals surface area (Å²) in [6.45, 7) is 3.65. The van der Waals surface area contributed by atoms with Gasteiger partial charge in [-0.2, -0.15) is 0 Å². The van der Waals surface area contributed by atoms with E-state index >= 15 is 0 Å². The molecule has 2 aromatic carbocycles. The summed E-state index contributed by atoms with van der Waals surface area (Å²) in [6.07, 6.45) is 1.40. The number of carbonyl (C=O) groups excluding carboxylic acids is 1. The predicted octanol–water partition coefficient (Wildman–Crippen LogP) is 3.12. The summed E-state index contributed by atoms with van der Waals surface area (Å²) in [6, 6.07) is 20.7. The van der Waals surface area contributed by atoms with Gasteiger partial charge in [0, 0.05) is 19.0 Å². The molecule has 1 atom stereocenters. The first-order valence-corrected chi connectivity index (χ1v) is 9.80. The lowest BCUT2D eigenvalue weighted by Crippen LogP contribution is -2.39. The van der Waals surface area contributed by atoms with Crippen molar-refractivity contribution < 1.29 is 14.7 Å². The van der Waals surface area contributed by atoms with Gasteiger partial charge >= 0.3 is 5.97 Å². The van der Waals surface area contributed by atoms with E-state index in [2.05, 4.69) is 29.6 Å². The number of likely N-dealkylation sites (tertiary alicyclic amines) is 1. The van der Waals surface area contributed by atoms with Crippen LogP contribution in [-0.2, 0) is 9.59 Å². The van der Waals surface area contributed by atoms with Gasteiger partial charge in [-0.3, -0.25) is 14.5 Å². The van der Waals surface area contributed by atoms with Crippen molar-refractivity contribution in [3.05, 3.63) is 71.8 Å². The highest BCUT2D eigenvalue weighted by Crippen LogP contribution is 2.30. The third kappa shape index (κ3) is 4.98. The number of carboxylic acids is 1. The second kappa shape index (κ2) is 9.02. The maximum atomic E-state index is 12.3. The largest absolute Gasteiger partial charge is 0.481 e. The number of nitrogens with one attached hydrogen (secondary N) is 1. The summed E-state index contributed by atoms with van der Waals surface area (Å²) in [5.41, 5.74) is 1.73. The van der Waals surface area contributed by atoms with Gasteiger partial charge in [-0.05, 0) is 37.4 Å². The fourth-order valence-corrected chi connectivity index (χ4v) is 3.88. The van der Waals surface area contributed by atoms with E-state index in [0.717, 1.165) is 6.42 Å². The molecule has 148 valence electrons. The van der Waals surface area contributed by atoms with Gasteiger partial charge in [-0.1, -0.05) is 60.7 Å². The zero-order valence-electron chi connectivity index (χ0n) is 16.3. The van der Waals surface area contributed by atoms with Crippen LogP contribution in [0.15, 0.2) is 60.7 Å². The van der Waals surface area contributed by atoms with Crippen molar-refractivity contribution in [2.45, 2.75) is 25.7 Å². The molecule has 0 bridgehead atoms. The number of amides is 1. The molecule has 1 heterocycles. The minimum absolute atomic E-state index is 0.0467. The van der Waals surface area contributed by atoms with E-state index in [0.29, 0.717) is 26.1 Å². The van der Waals surface area contributed by atoms with Crippen LogP contribution in [0.2, 0.25) is 0 Å². The third-order valence-corrected chi connectivity index (χ3v) is 5.59. The summed E-state index contributed by atoms with van der Waals surface area (Å²) < 4.78 is 0. The van der Waals surface area contributed by atoms with Crippen molar-refractivity contribution in [3.63, 3.8) is 0 Å². The van der Waals surface area contributed by atoms with Gasteiger partial charge in [0.2, 0.25) is 5.91 Å². The average Bonchev–Trinajstić information content (AvgIpc) is 3.08. The number of nitrogens with zero attached hydrogens (tertiary/aromatic N) is 1. The van der Waals surface area contributed by atoms with Crippen molar-refractivity contribution in [2.24, 2.45) is 5.41 Å². The van der Waals surface area contributed by atoms with Crippen LogP contribution >= 0.6 is 0 Å². The van der Waals surface area contributed by atoms with Crippen LogP contribution < -0.4 is 5.32 Å². The molecule has 1 fully saturated rings. The van der Waals surface area contributed by atoms with Crippen LogP contribution in [0.25, 0.3) is 0 Å². The Morgan fingerprint density at radius 3 is 2.14 bits per heavy atom. The van der Waals surface area contributed by atoms with Gasteiger partial charge in [-0.25, -0.2) is 0 Å². The Balaban J connectivity index is 1.53. The Bertz CT molecular complexity index is 755. The highest BCUT2D eigenvalue weighted by molar-refractivity contribution is 5.79. The van der Waals surface area contributed by atoms with Crippen molar-refractivity contribution in [1.82, 2.24) is 10.2 Å². The zero-order chi connectivity index (χ0) is 20.0. The van der Waals surface area contributed by atoms with E-state index in [-0.39, 0.29) is 18.4 Å². The lowest BCUT2D eigenvalue weighted by molar-refractivity contribution is -0.147. The molecule has 2 N–H and O–H groups in total. The van der Waals surface area contributed by atoms with Gasteiger partial charge in [0.1, 0.15) is 0 Å². The minimum atomic E-state index is -0.788. The van der Waals surface area contributed by atoms with Gasteiger partial charge in [0.05, 0.1) is 12.0 Å². The number of benzene rings is 2. The maximum absolute atomic E-state index is 12.3. The highest BCUT2D eigenvalue weighted by Gasteiger charge is 2.40. The van der Waals surface area contributed by atoms with Crippen LogP contribution in [0.4, 0.5) is 0 Å². The molecule has 0 aliphatic carbocycles. The molecule has 0 spiro atoms. The van der Waals surface area contributed by atoms with E-state index in [1.807, 2.05) is 41.3 Å². The van der Waals surface area contributed by atoms with Crippen molar-refractivity contribution in [1.29, 1.82) is 0 Å². The monoisotopic (exact) mass is 380 g/mol. The lowest BCUT2D eigenvalue weighted by atomic mass is 9.88. The molecule has 0 aromatic heterocycles. The van der Waals surface area contributed by atoms with Crippen LogP contribution in [-0.4, -0.2) is 48.1 Å². The van der Waals surface area contributed by atoms with Crippen LogP contribution in [0, 0.1) is 5.41 Å². The number of rotatable bonds is 8. The Kier molecular flexibility index (Phi) is 6.47. The molecular formula is C23H28N2O3. The molecule has 1 saturated heterocycles. The summed E-state index contributed by atoms with van der Waals surface area (Å²) >= 11 is 0. The molecule has 3 rings (SSSR count). The molecule has 2 aromatic rings. The van der Waals surface area contributed by atoms with E-state index in [1.54, 1.807) is 6.92 Å². The van der Waals surface area contributed by atoms with Crippen LogP contribution in [0.3, 0.4) is 0 Å². The molecule has 0 radical (unpaired) electrons. The quantitative estimate of drug-likeness (QED) is 0.738. The molecule has 1 amide bonds. The topological polar surface area (TPSA) is 69.6 Å². The molecule has 1 aliphatic heterocycles. The summed E-state index contributed by atoms with van der Waals surface area (Å²) in [5, 5.41) is 12.3. The third-order valence-electron chi connectivity index (χ3n) is 5.59. The summed E-state index contributed by atoms with van der Waals surface area (Å²) in [5.74, 6) is -0.608. The molecule has 0 saturated carbocycles. The normalized spacial score (nSPS) is 19.6. The molecule has 1 aliphatic rings. The number of hydrogen-bond donors (Lipinski definition) is 2. The number of hydrogen-bond acceptors (Lipinski definition) is 3. The number of aliphatic carboxylic acids is 1. The predicted molar refractivity (Wildman–Crippen MR) is 109 cm³/mol. The Labute approximate surface area is 166 Å². The van der Waals surface area contributed by atoms with E-state index in [4.69, 9.17) is 0 Å². The Morgan fingerprint density at radius 1 is 1.07 bits per heavy atom. The van der Waals surface area contributed by atoms with Gasteiger partial charge in [-0.15, -0.1) is 0 Å². The van der Waals surface area contributed by atoms with Gasteiger partial charge < -0.3 is 10.4 Å². The lowest BCUT2D eigenvalue weighted by Gasteiger charge is -2.21. The summed E-state index contributed by atoms with van der Waals surface area (Å²) in [4.78, 5) is 25.6. The second-order valence-corrected chi connectivity index (χ2v) is 7.84. The van der Waals surface area contributed by atoms with E-state index in [9.17, 15) is 14.7 Å². The molecular weight excluding hydrogens is 352 g/mol. The van der Waals surface area contributed by atoms with Gasteiger partial charge in [0.25, 0.3) is 0 Å². The molecule has 5 nitrogen and oxygen atoms in total. The first kappa shape index (κ1) is 20.1. The number of carboxylic acid groups (broad SMARTS) is 1. The van der Waals surface area contributed by atoms with Crippen LogP contribution in [0.1, 0.15) is 36.8 Å². The van der Waals surface area contributed by atoms with Crippen molar-refractivity contribution >= 4 is 11.9 Å². The SMILES string of the molecule is CC1(C(=O)O)CCN(CC(=O)NCCC(c2ccccc2)c2ccccc2)C1. The first-order valence-electron chi connectivity index (χ1n) is 9.80. The molecule has 1 unspecified atom stereocenters. The Morgan fingerprint density at radius 2 is 1.64 bits per heavy atom. The van der Waals surface area contributed by atoms with Crippen molar-refractivity contribution in [2.75, 3.05) is 26.2 Å². The van der Waals surface area contributed by atoms with Gasteiger partial charge in [0.15, 0.2) is 0 Å². The second-order valence-electron chi connectivity index (χ2n) is 7.84. The average molecular weight is 380 g/mol. The van der Waals surface area contributed by atoms with E-state index in [1.165, 1.54) is 11.1 Å². The Hall–Kier alpha value is -2.66. The molecule has 28 heavy (non-hydrogen) atoms. The number of carbonyl (C=O) groups is 2. The van der Waals surface area contributed by atoms with Crippen LogP contribution in [0.5, 0.6) is 0 Å². The standard InChI is InChI=1S/C23H28N2O3/c1-23(22(27)28)13-15-25(17-23)16-21(26)24-14-12-20(18-8-4-2-5-9-18)19-10-6-3-7-11-19/h2-11,20H,12-17H2,1H3,(H,24,26)(H,27,28). The zero-order valence-corrected chi connectivity index (χ0v) is 16.3. The van der Waals surface area contributed by atoms with E-state index < -0.39 is 11.4 Å². The fourth-order valence-electron chi connectivity index (χ4n) is 3.88. The van der Waals surface area contributed by atoms with Crippen molar-refractivity contribution in [3.8, 4) is 0 Å². The summed E-state index contributed by atoms with van der Waals surface area (Å²) in [7, 11) is 0. The fraction of sp³-hybridized carbons (Fsp3) is 0.391. The first-order chi connectivity index (χ1) is 13.5. The molecule has 5 heteroatoms. The minimum Gasteiger partial charge on any atom is -0.481 e.